The lowest BCUT2D eigenvalue weighted by Gasteiger charge is -2.21. The van der Waals surface area contributed by atoms with Crippen molar-refractivity contribution in [2.45, 2.75) is 45.2 Å². The Labute approximate surface area is 127 Å². The van der Waals surface area contributed by atoms with E-state index in [-0.39, 0.29) is 11.9 Å². The van der Waals surface area contributed by atoms with E-state index in [1.807, 2.05) is 17.0 Å². The summed E-state index contributed by atoms with van der Waals surface area (Å²) in [5.41, 5.74) is 2.89. The van der Waals surface area contributed by atoms with Gasteiger partial charge < -0.3 is 4.90 Å². The molecule has 5 heteroatoms. The number of thiazole rings is 1. The Morgan fingerprint density at radius 2 is 2.14 bits per heavy atom. The van der Waals surface area contributed by atoms with Gasteiger partial charge in [-0.1, -0.05) is 0 Å². The van der Waals surface area contributed by atoms with Crippen LogP contribution in [0.3, 0.4) is 0 Å². The Bertz CT molecular complexity index is 686. The van der Waals surface area contributed by atoms with Crippen molar-refractivity contribution in [1.29, 1.82) is 0 Å². The highest BCUT2D eigenvalue weighted by molar-refractivity contribution is 7.11. The summed E-state index contributed by atoms with van der Waals surface area (Å²) >= 11 is 1.79. The molecule has 1 atom stereocenters. The van der Waals surface area contributed by atoms with Crippen LogP contribution in [-0.4, -0.2) is 20.8 Å². The molecule has 108 valence electrons. The van der Waals surface area contributed by atoms with Gasteiger partial charge >= 0.3 is 0 Å². The lowest BCUT2D eigenvalue weighted by Crippen LogP contribution is -2.27. The number of hydrogen-bond acceptors (Lipinski definition) is 4. The quantitative estimate of drug-likeness (QED) is 0.856. The second-order valence-corrected chi connectivity index (χ2v) is 6.85. The number of aromatic nitrogens is 2. The zero-order valence-electron chi connectivity index (χ0n) is 12.0. The van der Waals surface area contributed by atoms with Crippen LogP contribution in [-0.2, 0) is 19.4 Å². The Balaban J connectivity index is 1.63. The van der Waals surface area contributed by atoms with Gasteiger partial charge in [0.25, 0.3) is 5.91 Å². The number of aryl methyl sites for hydroxylation is 2. The predicted molar refractivity (Wildman–Crippen MR) is 81.3 cm³/mol. The van der Waals surface area contributed by atoms with Gasteiger partial charge in [0.05, 0.1) is 29.5 Å². The van der Waals surface area contributed by atoms with Crippen LogP contribution in [0.25, 0.3) is 0 Å². The number of fused-ring (bicyclic) bond motifs is 2. The average molecular weight is 299 g/mol. The highest BCUT2D eigenvalue weighted by Crippen LogP contribution is 2.35. The summed E-state index contributed by atoms with van der Waals surface area (Å²) in [6.07, 6.45) is 6.50. The topological polar surface area (TPSA) is 46.1 Å². The monoisotopic (exact) mass is 299 g/mol. The molecule has 0 aromatic carbocycles. The third-order valence-electron chi connectivity index (χ3n) is 4.39. The first-order valence-corrected chi connectivity index (χ1v) is 8.29. The zero-order chi connectivity index (χ0) is 14.4. The van der Waals surface area contributed by atoms with Gasteiger partial charge in [-0.3, -0.25) is 9.78 Å². The molecule has 0 saturated carbocycles. The summed E-state index contributed by atoms with van der Waals surface area (Å²) in [4.78, 5) is 24.9. The molecule has 0 bridgehead atoms. The SMILES string of the molecule is C[C@H](c1nc2c(s1)CCCC2)N1Cc2ncccc2C1=O. The first-order chi connectivity index (χ1) is 10.2. The van der Waals surface area contributed by atoms with Gasteiger partial charge in [0.15, 0.2) is 0 Å². The van der Waals surface area contributed by atoms with Gasteiger partial charge in [-0.15, -0.1) is 11.3 Å². The molecule has 4 rings (SSSR count). The smallest absolute Gasteiger partial charge is 0.256 e. The largest absolute Gasteiger partial charge is 0.323 e. The van der Waals surface area contributed by atoms with Gasteiger partial charge in [0, 0.05) is 11.1 Å². The number of pyridine rings is 1. The molecule has 0 saturated heterocycles. The fourth-order valence-electron chi connectivity index (χ4n) is 3.14. The van der Waals surface area contributed by atoms with Crippen molar-refractivity contribution >= 4 is 17.2 Å². The van der Waals surface area contributed by atoms with Crippen LogP contribution in [0, 0.1) is 0 Å². The molecule has 3 heterocycles. The Kier molecular flexibility index (Phi) is 3.03. The summed E-state index contributed by atoms with van der Waals surface area (Å²) in [5.74, 6) is 0.0822. The van der Waals surface area contributed by atoms with Crippen LogP contribution in [0.4, 0.5) is 0 Å². The number of carbonyl (C=O) groups is 1. The van der Waals surface area contributed by atoms with Crippen LogP contribution >= 0.6 is 11.3 Å². The summed E-state index contributed by atoms with van der Waals surface area (Å²) in [5, 5.41) is 1.07. The summed E-state index contributed by atoms with van der Waals surface area (Å²) in [7, 11) is 0. The van der Waals surface area contributed by atoms with Gasteiger partial charge in [-0.05, 0) is 44.7 Å². The molecule has 2 aromatic heterocycles. The van der Waals surface area contributed by atoms with Crippen molar-refractivity contribution < 1.29 is 4.79 Å². The van der Waals surface area contributed by atoms with Crippen molar-refractivity contribution in [3.63, 3.8) is 0 Å². The van der Waals surface area contributed by atoms with Crippen molar-refractivity contribution in [1.82, 2.24) is 14.9 Å². The molecule has 0 fully saturated rings. The van der Waals surface area contributed by atoms with Crippen LogP contribution < -0.4 is 0 Å². The number of nitrogens with zero attached hydrogens (tertiary/aromatic N) is 3. The first-order valence-electron chi connectivity index (χ1n) is 7.47. The van der Waals surface area contributed by atoms with E-state index >= 15 is 0 Å². The molecular formula is C16H17N3OS. The molecule has 2 aromatic rings. The van der Waals surface area contributed by atoms with E-state index in [1.165, 1.54) is 23.4 Å². The maximum absolute atomic E-state index is 12.5. The third-order valence-corrected chi connectivity index (χ3v) is 5.72. The van der Waals surface area contributed by atoms with Crippen molar-refractivity contribution in [3.05, 3.63) is 45.2 Å². The van der Waals surface area contributed by atoms with E-state index in [0.717, 1.165) is 29.1 Å². The predicted octanol–water partition coefficient (Wildman–Crippen LogP) is 3.13. The number of hydrogen-bond donors (Lipinski definition) is 0. The number of rotatable bonds is 2. The molecule has 0 N–H and O–H groups in total. The fraction of sp³-hybridized carbons (Fsp3) is 0.438. The maximum Gasteiger partial charge on any atom is 0.256 e. The van der Waals surface area contributed by atoms with E-state index in [1.54, 1.807) is 17.5 Å². The van der Waals surface area contributed by atoms with E-state index in [4.69, 9.17) is 4.98 Å². The lowest BCUT2D eigenvalue weighted by atomic mass is 10.0. The molecule has 4 nitrogen and oxygen atoms in total. The highest BCUT2D eigenvalue weighted by Gasteiger charge is 2.33. The molecule has 0 spiro atoms. The van der Waals surface area contributed by atoms with Crippen LogP contribution in [0.15, 0.2) is 18.3 Å². The van der Waals surface area contributed by atoms with E-state index in [9.17, 15) is 4.79 Å². The average Bonchev–Trinajstić information content (AvgIpc) is 3.08. The highest BCUT2D eigenvalue weighted by atomic mass is 32.1. The van der Waals surface area contributed by atoms with Gasteiger partial charge in [-0.25, -0.2) is 4.98 Å². The van der Waals surface area contributed by atoms with E-state index < -0.39 is 0 Å². The maximum atomic E-state index is 12.5. The van der Waals surface area contributed by atoms with E-state index in [2.05, 4.69) is 11.9 Å². The zero-order valence-corrected chi connectivity index (χ0v) is 12.8. The first kappa shape index (κ1) is 13.0. The molecule has 0 unspecified atom stereocenters. The molecule has 1 aliphatic heterocycles. The standard InChI is InChI=1S/C16H17N3OS/c1-10(15-18-12-6-2-3-7-14(12)21-15)19-9-13-11(16(19)20)5-4-8-17-13/h4-5,8,10H,2-3,6-7,9H2,1H3/t10-/m1/s1. The molecule has 0 radical (unpaired) electrons. The third kappa shape index (κ3) is 2.07. The summed E-state index contributed by atoms with van der Waals surface area (Å²) in [6, 6.07) is 3.72. The van der Waals surface area contributed by atoms with Crippen LogP contribution in [0.5, 0.6) is 0 Å². The number of carbonyl (C=O) groups excluding carboxylic acids is 1. The Hall–Kier alpha value is -1.75. The van der Waals surface area contributed by atoms with Crippen molar-refractivity contribution in [2.24, 2.45) is 0 Å². The second-order valence-electron chi connectivity index (χ2n) is 5.74. The molecular weight excluding hydrogens is 282 g/mol. The van der Waals surface area contributed by atoms with Gasteiger partial charge in [-0.2, -0.15) is 0 Å². The minimum absolute atomic E-state index is 0.0299. The van der Waals surface area contributed by atoms with Crippen LogP contribution in [0.2, 0.25) is 0 Å². The Morgan fingerprint density at radius 1 is 1.29 bits per heavy atom. The van der Waals surface area contributed by atoms with Crippen LogP contribution in [0.1, 0.15) is 57.4 Å². The van der Waals surface area contributed by atoms with E-state index in [0.29, 0.717) is 6.54 Å². The summed E-state index contributed by atoms with van der Waals surface area (Å²) in [6.45, 7) is 2.68. The fourth-order valence-corrected chi connectivity index (χ4v) is 4.36. The molecule has 1 aliphatic carbocycles. The Morgan fingerprint density at radius 3 is 2.95 bits per heavy atom. The van der Waals surface area contributed by atoms with Crippen molar-refractivity contribution in [3.8, 4) is 0 Å². The molecule has 21 heavy (non-hydrogen) atoms. The number of amides is 1. The van der Waals surface area contributed by atoms with Gasteiger partial charge in [0.2, 0.25) is 0 Å². The van der Waals surface area contributed by atoms with Crippen molar-refractivity contribution in [2.75, 3.05) is 0 Å². The molecule has 2 aliphatic rings. The second kappa shape index (κ2) is 4.91. The lowest BCUT2D eigenvalue weighted by molar-refractivity contribution is 0.0715. The minimum atomic E-state index is 0.0299. The summed E-state index contributed by atoms with van der Waals surface area (Å²) < 4.78 is 0. The van der Waals surface area contributed by atoms with Gasteiger partial charge in [0.1, 0.15) is 5.01 Å². The normalized spacial score (nSPS) is 18.5. The minimum Gasteiger partial charge on any atom is -0.323 e. The molecule has 1 amide bonds.